The zero-order chi connectivity index (χ0) is 13.1. The van der Waals surface area contributed by atoms with Gasteiger partial charge in [-0.25, -0.2) is 0 Å². The smallest absolute Gasteiger partial charge is 0.251 e. The molecule has 0 spiro atoms. The summed E-state index contributed by atoms with van der Waals surface area (Å²) in [5.74, 6) is 1.12. The van der Waals surface area contributed by atoms with E-state index in [9.17, 15) is 4.79 Å². The summed E-state index contributed by atoms with van der Waals surface area (Å²) in [4.78, 5) is 12.0. The molecule has 0 bridgehead atoms. The van der Waals surface area contributed by atoms with E-state index in [1.165, 1.54) is 5.56 Å². The van der Waals surface area contributed by atoms with Crippen molar-refractivity contribution in [1.29, 1.82) is 0 Å². The van der Waals surface area contributed by atoms with Crippen LogP contribution in [0.3, 0.4) is 0 Å². The van der Waals surface area contributed by atoms with Gasteiger partial charge in [-0.2, -0.15) is 0 Å². The van der Waals surface area contributed by atoms with Crippen molar-refractivity contribution in [2.75, 3.05) is 18.4 Å². The molecule has 1 aromatic rings. The first-order valence-electron chi connectivity index (χ1n) is 6.73. The number of benzene rings is 1. The molecule has 2 rings (SSSR count). The molecule has 0 aromatic heterocycles. The highest BCUT2D eigenvalue weighted by atomic mass is 16.1. The summed E-state index contributed by atoms with van der Waals surface area (Å²) in [5, 5.41) is 6.30. The van der Waals surface area contributed by atoms with E-state index in [4.69, 9.17) is 0 Å². The number of amides is 1. The molecule has 2 N–H and O–H groups in total. The van der Waals surface area contributed by atoms with E-state index in [1.807, 2.05) is 12.1 Å². The summed E-state index contributed by atoms with van der Waals surface area (Å²) in [6.07, 6.45) is 1.06. The first kappa shape index (κ1) is 12.9. The monoisotopic (exact) mass is 246 g/mol. The van der Waals surface area contributed by atoms with E-state index >= 15 is 0 Å². The Morgan fingerprint density at radius 3 is 2.89 bits per heavy atom. The molecule has 0 aliphatic carbocycles. The van der Waals surface area contributed by atoms with Crippen LogP contribution in [0.2, 0.25) is 0 Å². The molecule has 1 atom stereocenters. The largest absolute Gasteiger partial charge is 0.384 e. The van der Waals surface area contributed by atoms with Gasteiger partial charge in [-0.05, 0) is 36.0 Å². The highest BCUT2D eigenvalue weighted by Gasteiger charge is 2.14. The summed E-state index contributed by atoms with van der Waals surface area (Å²) >= 11 is 0. The van der Waals surface area contributed by atoms with Crippen LogP contribution in [0.4, 0.5) is 5.69 Å². The minimum absolute atomic E-state index is 0.0269. The van der Waals surface area contributed by atoms with Gasteiger partial charge in [0.05, 0.1) is 0 Å². The molecule has 18 heavy (non-hydrogen) atoms. The Morgan fingerprint density at radius 1 is 1.39 bits per heavy atom. The van der Waals surface area contributed by atoms with Crippen LogP contribution >= 0.6 is 0 Å². The molecule has 1 aliphatic rings. The maximum Gasteiger partial charge on any atom is 0.251 e. The molecule has 1 unspecified atom stereocenters. The van der Waals surface area contributed by atoms with Gasteiger partial charge >= 0.3 is 0 Å². The molecule has 98 valence electrons. The average Bonchev–Trinajstić information content (AvgIpc) is 2.82. The molecule has 1 amide bonds. The van der Waals surface area contributed by atoms with Gasteiger partial charge in [0.15, 0.2) is 0 Å². The number of anilines is 1. The minimum atomic E-state index is 0.0269. The van der Waals surface area contributed by atoms with Crippen molar-refractivity contribution < 1.29 is 4.79 Å². The van der Waals surface area contributed by atoms with Crippen molar-refractivity contribution in [1.82, 2.24) is 5.32 Å². The zero-order valence-corrected chi connectivity index (χ0v) is 11.4. The molecule has 1 heterocycles. The minimum Gasteiger partial charge on any atom is -0.384 e. The highest BCUT2D eigenvalue weighted by Crippen LogP contribution is 2.23. The predicted molar refractivity (Wildman–Crippen MR) is 75.0 cm³/mol. The molecule has 0 saturated carbocycles. The lowest BCUT2D eigenvalue weighted by Crippen LogP contribution is -2.30. The number of nitrogens with one attached hydrogen (secondary N) is 2. The fourth-order valence-electron chi connectivity index (χ4n) is 2.02. The van der Waals surface area contributed by atoms with Gasteiger partial charge < -0.3 is 10.6 Å². The quantitative estimate of drug-likeness (QED) is 0.857. The third-order valence-corrected chi connectivity index (χ3v) is 3.80. The van der Waals surface area contributed by atoms with Gasteiger partial charge in [0.1, 0.15) is 0 Å². The van der Waals surface area contributed by atoms with E-state index in [-0.39, 0.29) is 5.91 Å². The molecule has 3 heteroatoms. The topological polar surface area (TPSA) is 41.1 Å². The van der Waals surface area contributed by atoms with Crippen molar-refractivity contribution in [3.05, 3.63) is 29.3 Å². The van der Waals surface area contributed by atoms with Crippen molar-refractivity contribution in [2.45, 2.75) is 27.2 Å². The molecule has 1 aromatic carbocycles. The lowest BCUT2D eigenvalue weighted by Gasteiger charge is -2.16. The third kappa shape index (κ3) is 2.84. The fourth-order valence-corrected chi connectivity index (χ4v) is 2.02. The molecule has 0 radical (unpaired) electrons. The number of carbonyl (C=O) groups excluding carboxylic acids is 1. The first-order valence-corrected chi connectivity index (χ1v) is 6.73. The summed E-state index contributed by atoms with van der Waals surface area (Å²) in [7, 11) is 0. The van der Waals surface area contributed by atoms with E-state index < -0.39 is 0 Å². The SMILES string of the molecule is CC(C)C(C)CNC(=O)c1ccc2c(c1)NCC2. The van der Waals surface area contributed by atoms with Crippen LogP contribution in [-0.4, -0.2) is 19.0 Å². The normalized spacial score (nSPS) is 15.1. The second kappa shape index (κ2) is 5.42. The Labute approximate surface area is 109 Å². The predicted octanol–water partition coefficient (Wildman–Crippen LogP) is 2.68. The lowest BCUT2D eigenvalue weighted by molar-refractivity contribution is 0.0945. The first-order chi connectivity index (χ1) is 8.58. The van der Waals surface area contributed by atoms with Crippen molar-refractivity contribution >= 4 is 11.6 Å². The van der Waals surface area contributed by atoms with Crippen molar-refractivity contribution in [3.63, 3.8) is 0 Å². The third-order valence-electron chi connectivity index (χ3n) is 3.80. The number of carbonyl (C=O) groups is 1. The summed E-state index contributed by atoms with van der Waals surface area (Å²) in [6.45, 7) is 8.23. The van der Waals surface area contributed by atoms with Crippen LogP contribution in [0, 0.1) is 11.8 Å². The van der Waals surface area contributed by atoms with E-state index in [2.05, 4.69) is 37.5 Å². The van der Waals surface area contributed by atoms with Gasteiger partial charge in [0.25, 0.3) is 5.91 Å². The number of hydrogen-bond acceptors (Lipinski definition) is 2. The Morgan fingerprint density at radius 2 is 2.17 bits per heavy atom. The molecule has 0 fully saturated rings. The summed E-state index contributed by atoms with van der Waals surface area (Å²) < 4.78 is 0. The van der Waals surface area contributed by atoms with E-state index in [0.717, 1.165) is 30.8 Å². The zero-order valence-electron chi connectivity index (χ0n) is 11.4. The maximum absolute atomic E-state index is 12.0. The number of hydrogen-bond donors (Lipinski definition) is 2. The van der Waals surface area contributed by atoms with Gasteiger partial charge in [-0.1, -0.05) is 26.8 Å². The second-order valence-electron chi connectivity index (χ2n) is 5.48. The van der Waals surface area contributed by atoms with Crippen molar-refractivity contribution in [3.8, 4) is 0 Å². The maximum atomic E-state index is 12.0. The Hall–Kier alpha value is -1.51. The lowest BCUT2D eigenvalue weighted by atomic mass is 9.98. The van der Waals surface area contributed by atoms with Crippen LogP contribution in [-0.2, 0) is 6.42 Å². The fraction of sp³-hybridized carbons (Fsp3) is 0.533. The number of rotatable bonds is 4. The van der Waals surface area contributed by atoms with E-state index in [1.54, 1.807) is 0 Å². The van der Waals surface area contributed by atoms with Crippen LogP contribution in [0.1, 0.15) is 36.7 Å². The van der Waals surface area contributed by atoms with Gasteiger partial charge in [-0.15, -0.1) is 0 Å². The van der Waals surface area contributed by atoms with E-state index in [0.29, 0.717) is 11.8 Å². The van der Waals surface area contributed by atoms with Gasteiger partial charge in [-0.3, -0.25) is 4.79 Å². The molecule has 1 aliphatic heterocycles. The standard InChI is InChI=1S/C15H22N2O/c1-10(2)11(3)9-17-15(18)13-5-4-12-6-7-16-14(12)8-13/h4-5,8,10-11,16H,6-7,9H2,1-3H3,(H,17,18). The van der Waals surface area contributed by atoms with Gasteiger partial charge in [0.2, 0.25) is 0 Å². The Balaban J connectivity index is 1.97. The number of fused-ring (bicyclic) bond motifs is 1. The Bertz CT molecular complexity index is 440. The second-order valence-corrected chi connectivity index (χ2v) is 5.48. The van der Waals surface area contributed by atoms with Crippen LogP contribution in [0.5, 0.6) is 0 Å². The molecule has 0 saturated heterocycles. The average molecular weight is 246 g/mol. The molecule has 3 nitrogen and oxygen atoms in total. The summed E-state index contributed by atoms with van der Waals surface area (Å²) in [5.41, 5.74) is 3.17. The van der Waals surface area contributed by atoms with Crippen LogP contribution in [0.25, 0.3) is 0 Å². The van der Waals surface area contributed by atoms with Crippen LogP contribution in [0.15, 0.2) is 18.2 Å². The molecular weight excluding hydrogens is 224 g/mol. The molecular formula is C15H22N2O. The summed E-state index contributed by atoms with van der Waals surface area (Å²) in [6, 6.07) is 5.93. The van der Waals surface area contributed by atoms with Gasteiger partial charge in [0, 0.05) is 24.3 Å². The highest BCUT2D eigenvalue weighted by molar-refractivity contribution is 5.95. The Kier molecular flexibility index (Phi) is 3.90. The van der Waals surface area contributed by atoms with Crippen molar-refractivity contribution in [2.24, 2.45) is 11.8 Å². The van der Waals surface area contributed by atoms with Crippen LogP contribution < -0.4 is 10.6 Å².